The lowest BCUT2D eigenvalue weighted by molar-refractivity contribution is 0.142. The maximum absolute atomic E-state index is 12.8. The van der Waals surface area contributed by atoms with Crippen molar-refractivity contribution in [3.63, 3.8) is 0 Å². The van der Waals surface area contributed by atoms with Crippen molar-refractivity contribution in [1.82, 2.24) is 24.6 Å². The van der Waals surface area contributed by atoms with Crippen molar-refractivity contribution in [3.05, 3.63) is 54.7 Å². The number of amides is 2. The van der Waals surface area contributed by atoms with Gasteiger partial charge in [0.05, 0.1) is 6.33 Å². The highest BCUT2D eigenvalue weighted by atomic mass is 16.5. The Labute approximate surface area is 150 Å². The average Bonchev–Trinajstić information content (AvgIpc) is 3.34. The van der Waals surface area contributed by atoms with Gasteiger partial charge in [-0.1, -0.05) is 5.16 Å². The molecule has 1 aromatic carbocycles. The first-order valence-corrected chi connectivity index (χ1v) is 8.67. The monoisotopic (exact) mass is 352 g/mol. The largest absolute Gasteiger partial charge is 0.337 e. The van der Waals surface area contributed by atoms with Gasteiger partial charge in [-0.05, 0) is 50.5 Å². The van der Waals surface area contributed by atoms with Crippen LogP contribution < -0.4 is 5.32 Å². The summed E-state index contributed by atoms with van der Waals surface area (Å²) >= 11 is 0. The molecule has 1 saturated heterocycles. The van der Waals surface area contributed by atoms with Gasteiger partial charge in [0.15, 0.2) is 5.82 Å². The third-order valence-corrected chi connectivity index (χ3v) is 4.51. The molecule has 134 valence electrons. The summed E-state index contributed by atoms with van der Waals surface area (Å²) in [5, 5.41) is 6.81. The molecule has 0 unspecified atom stereocenters. The average molecular weight is 352 g/mol. The summed E-state index contributed by atoms with van der Waals surface area (Å²) < 4.78 is 7.21. The topological polar surface area (TPSA) is 89.1 Å². The van der Waals surface area contributed by atoms with Crippen molar-refractivity contribution >= 4 is 11.7 Å². The first-order chi connectivity index (χ1) is 12.7. The molecule has 2 aromatic heterocycles. The van der Waals surface area contributed by atoms with Gasteiger partial charge in [0.1, 0.15) is 6.04 Å². The van der Waals surface area contributed by atoms with Crippen LogP contribution in [0.3, 0.4) is 0 Å². The number of benzene rings is 1. The number of carbonyl (C=O) groups is 1. The number of hydrogen-bond acceptors (Lipinski definition) is 5. The molecule has 0 aliphatic carbocycles. The van der Waals surface area contributed by atoms with Crippen LogP contribution in [0.15, 0.2) is 47.5 Å². The van der Waals surface area contributed by atoms with E-state index in [0.29, 0.717) is 18.3 Å². The molecule has 1 atom stereocenters. The van der Waals surface area contributed by atoms with Gasteiger partial charge in [-0.25, -0.2) is 9.78 Å². The summed E-state index contributed by atoms with van der Waals surface area (Å²) in [4.78, 5) is 22.9. The second-order valence-electron chi connectivity index (χ2n) is 6.33. The summed E-state index contributed by atoms with van der Waals surface area (Å²) in [6.45, 7) is 2.45. The normalized spacial score (nSPS) is 17.3. The van der Waals surface area contributed by atoms with E-state index in [1.165, 1.54) is 0 Å². The van der Waals surface area contributed by atoms with E-state index >= 15 is 0 Å². The minimum absolute atomic E-state index is 0.152. The van der Waals surface area contributed by atoms with Crippen molar-refractivity contribution in [2.45, 2.75) is 32.2 Å². The molecule has 1 aliphatic rings. The molecule has 1 fully saturated rings. The Balaban J connectivity index is 1.47. The molecule has 4 rings (SSSR count). The Bertz CT molecular complexity index is 871. The number of urea groups is 1. The van der Waals surface area contributed by atoms with Crippen LogP contribution in [0.5, 0.6) is 0 Å². The predicted octanol–water partition coefficient (Wildman–Crippen LogP) is 3.32. The zero-order valence-corrected chi connectivity index (χ0v) is 14.5. The molecule has 0 bridgehead atoms. The van der Waals surface area contributed by atoms with Crippen LogP contribution in [-0.4, -0.2) is 37.2 Å². The third kappa shape index (κ3) is 3.30. The Hall–Kier alpha value is -3.16. The second-order valence-corrected chi connectivity index (χ2v) is 6.33. The zero-order valence-electron chi connectivity index (χ0n) is 14.5. The zero-order chi connectivity index (χ0) is 17.9. The van der Waals surface area contributed by atoms with Crippen LogP contribution in [0.1, 0.15) is 37.0 Å². The number of aromatic nitrogens is 4. The van der Waals surface area contributed by atoms with Crippen LogP contribution in [0.4, 0.5) is 10.5 Å². The quantitative estimate of drug-likeness (QED) is 0.781. The Morgan fingerprint density at radius 1 is 1.27 bits per heavy atom. The number of carbonyl (C=O) groups excluding carboxylic acids is 1. The van der Waals surface area contributed by atoms with Gasteiger partial charge in [-0.2, -0.15) is 4.98 Å². The van der Waals surface area contributed by atoms with Gasteiger partial charge < -0.3 is 19.3 Å². The molecule has 26 heavy (non-hydrogen) atoms. The molecule has 1 N–H and O–H groups in total. The number of piperidine rings is 1. The molecule has 0 saturated carbocycles. The number of nitrogens with zero attached hydrogens (tertiary/aromatic N) is 5. The molecule has 3 heterocycles. The third-order valence-electron chi connectivity index (χ3n) is 4.51. The smallest absolute Gasteiger partial charge is 0.322 e. The van der Waals surface area contributed by atoms with E-state index in [1.54, 1.807) is 24.3 Å². The van der Waals surface area contributed by atoms with E-state index in [-0.39, 0.29) is 12.1 Å². The van der Waals surface area contributed by atoms with E-state index < -0.39 is 0 Å². The molecular formula is C18H20N6O2. The number of likely N-dealkylation sites (tertiary alicyclic amines) is 1. The highest BCUT2D eigenvalue weighted by molar-refractivity contribution is 5.89. The number of hydrogen-bond donors (Lipinski definition) is 1. The van der Waals surface area contributed by atoms with Crippen molar-refractivity contribution in [3.8, 4) is 5.69 Å². The van der Waals surface area contributed by atoms with E-state index in [9.17, 15) is 4.79 Å². The molecule has 2 amide bonds. The van der Waals surface area contributed by atoms with Gasteiger partial charge in [0.2, 0.25) is 5.89 Å². The molecule has 8 nitrogen and oxygen atoms in total. The summed E-state index contributed by atoms with van der Waals surface area (Å²) in [6, 6.07) is 7.31. The minimum Gasteiger partial charge on any atom is -0.337 e. The minimum atomic E-state index is -0.171. The first kappa shape index (κ1) is 16.3. The summed E-state index contributed by atoms with van der Waals surface area (Å²) in [7, 11) is 0. The predicted molar refractivity (Wildman–Crippen MR) is 94.9 cm³/mol. The molecule has 3 aromatic rings. The van der Waals surface area contributed by atoms with Crippen LogP contribution >= 0.6 is 0 Å². The fourth-order valence-corrected chi connectivity index (χ4v) is 3.20. The van der Waals surface area contributed by atoms with Gasteiger partial charge in [-0.15, -0.1) is 0 Å². The number of rotatable bonds is 3. The lowest BCUT2D eigenvalue weighted by Crippen LogP contribution is -2.41. The summed E-state index contributed by atoms with van der Waals surface area (Å²) in [5.74, 6) is 1.09. The van der Waals surface area contributed by atoms with Crippen molar-refractivity contribution in [2.75, 3.05) is 11.9 Å². The first-order valence-electron chi connectivity index (χ1n) is 8.67. The number of nitrogens with one attached hydrogen (secondary N) is 1. The fourth-order valence-electron chi connectivity index (χ4n) is 3.20. The summed E-state index contributed by atoms with van der Waals surface area (Å²) in [5.41, 5.74) is 1.72. The SMILES string of the molecule is Cc1noc([C@H]2CCCCN2C(=O)Nc2ccc(-n3ccnc3)cc2)n1. The Morgan fingerprint density at radius 3 is 2.81 bits per heavy atom. The maximum Gasteiger partial charge on any atom is 0.322 e. The standard InChI is InChI=1S/C18H20N6O2/c1-13-20-17(26-22-13)16-4-2-3-10-24(16)18(25)21-14-5-7-15(8-6-14)23-11-9-19-12-23/h5-9,11-12,16H,2-4,10H2,1H3,(H,21,25)/t16-/m1/s1. The Kier molecular flexibility index (Phi) is 4.39. The Morgan fingerprint density at radius 2 is 2.12 bits per heavy atom. The second kappa shape index (κ2) is 6.99. The molecule has 1 aliphatic heterocycles. The van der Waals surface area contributed by atoms with Gasteiger partial charge in [0.25, 0.3) is 0 Å². The lowest BCUT2D eigenvalue weighted by Gasteiger charge is -2.33. The van der Waals surface area contributed by atoms with Crippen molar-refractivity contribution in [2.24, 2.45) is 0 Å². The van der Waals surface area contributed by atoms with Crippen molar-refractivity contribution in [1.29, 1.82) is 0 Å². The molecule has 0 radical (unpaired) electrons. The number of imidazole rings is 1. The van der Waals surface area contributed by atoms with Crippen LogP contribution in [-0.2, 0) is 0 Å². The maximum atomic E-state index is 12.8. The molecule has 0 spiro atoms. The summed E-state index contributed by atoms with van der Waals surface area (Å²) in [6.07, 6.45) is 8.17. The van der Waals surface area contributed by atoms with E-state index in [0.717, 1.165) is 30.6 Å². The van der Waals surface area contributed by atoms with E-state index in [2.05, 4.69) is 20.4 Å². The van der Waals surface area contributed by atoms with Crippen LogP contribution in [0, 0.1) is 6.92 Å². The van der Waals surface area contributed by atoms with Gasteiger partial charge in [-0.3, -0.25) is 0 Å². The molecule has 8 heteroatoms. The van der Waals surface area contributed by atoms with Crippen LogP contribution in [0.2, 0.25) is 0 Å². The van der Waals surface area contributed by atoms with E-state index in [4.69, 9.17) is 4.52 Å². The fraction of sp³-hybridized carbons (Fsp3) is 0.333. The number of aryl methyl sites for hydroxylation is 1. The number of anilines is 1. The van der Waals surface area contributed by atoms with Crippen LogP contribution in [0.25, 0.3) is 5.69 Å². The highest BCUT2D eigenvalue weighted by Crippen LogP contribution is 2.30. The molecular weight excluding hydrogens is 332 g/mol. The van der Waals surface area contributed by atoms with Gasteiger partial charge in [0, 0.05) is 30.3 Å². The lowest BCUT2D eigenvalue weighted by atomic mass is 10.0. The highest BCUT2D eigenvalue weighted by Gasteiger charge is 2.32. The van der Waals surface area contributed by atoms with Crippen molar-refractivity contribution < 1.29 is 9.32 Å². The van der Waals surface area contributed by atoms with E-state index in [1.807, 2.05) is 35.0 Å². The van der Waals surface area contributed by atoms with Gasteiger partial charge >= 0.3 is 6.03 Å².